The smallest absolute Gasteiger partial charge is 0.160 e. The van der Waals surface area contributed by atoms with E-state index in [9.17, 15) is 8.78 Å². The van der Waals surface area contributed by atoms with Crippen molar-refractivity contribution >= 4 is 5.65 Å². The van der Waals surface area contributed by atoms with Gasteiger partial charge in [0, 0.05) is 18.3 Å². The van der Waals surface area contributed by atoms with Gasteiger partial charge in [-0.05, 0) is 31.2 Å². The number of benzene rings is 1. The first kappa shape index (κ1) is 13.6. The monoisotopic (exact) mass is 288 g/mol. The van der Waals surface area contributed by atoms with Crippen LogP contribution in [0.15, 0.2) is 42.6 Å². The minimum Gasteiger partial charge on any atom is -0.303 e. The summed E-state index contributed by atoms with van der Waals surface area (Å²) in [5, 5.41) is 11.2. The SMILES string of the molecule is C[C@H](NCc1c(F)cccc1F)c1nnc2ccccn12. The van der Waals surface area contributed by atoms with Crippen molar-refractivity contribution in [3.8, 4) is 0 Å². The van der Waals surface area contributed by atoms with Gasteiger partial charge >= 0.3 is 0 Å². The number of nitrogens with zero attached hydrogens (tertiary/aromatic N) is 3. The van der Waals surface area contributed by atoms with E-state index in [1.165, 1.54) is 18.2 Å². The van der Waals surface area contributed by atoms with Crippen LogP contribution in [0.2, 0.25) is 0 Å². The molecule has 0 bridgehead atoms. The van der Waals surface area contributed by atoms with Gasteiger partial charge in [0.15, 0.2) is 11.5 Å². The van der Waals surface area contributed by atoms with Crippen LogP contribution in [0.3, 0.4) is 0 Å². The van der Waals surface area contributed by atoms with Gasteiger partial charge in [-0.15, -0.1) is 10.2 Å². The summed E-state index contributed by atoms with van der Waals surface area (Å²) < 4.78 is 29.0. The molecule has 0 aliphatic heterocycles. The normalized spacial score (nSPS) is 12.7. The number of rotatable bonds is 4. The summed E-state index contributed by atoms with van der Waals surface area (Å²) in [6, 6.07) is 9.25. The fourth-order valence-corrected chi connectivity index (χ4v) is 2.20. The lowest BCUT2D eigenvalue weighted by atomic mass is 10.2. The number of fused-ring (bicyclic) bond motifs is 1. The third-order valence-electron chi connectivity index (χ3n) is 3.37. The number of aromatic nitrogens is 3. The van der Waals surface area contributed by atoms with Gasteiger partial charge in [-0.2, -0.15) is 0 Å². The third-order valence-corrected chi connectivity index (χ3v) is 3.37. The molecule has 1 aromatic carbocycles. The van der Waals surface area contributed by atoms with Crippen LogP contribution < -0.4 is 5.32 Å². The van der Waals surface area contributed by atoms with Crippen molar-refractivity contribution in [2.45, 2.75) is 19.5 Å². The van der Waals surface area contributed by atoms with Crippen LogP contribution in [0.1, 0.15) is 24.4 Å². The average molecular weight is 288 g/mol. The van der Waals surface area contributed by atoms with E-state index < -0.39 is 11.6 Å². The van der Waals surface area contributed by atoms with Crippen molar-refractivity contribution in [3.63, 3.8) is 0 Å². The standard InChI is InChI=1S/C15H14F2N4/c1-10(15-20-19-14-7-2-3-8-21(14)15)18-9-11-12(16)5-4-6-13(11)17/h2-8,10,18H,9H2,1H3/t10-/m0/s1. The zero-order valence-corrected chi connectivity index (χ0v) is 11.4. The average Bonchev–Trinajstić information content (AvgIpc) is 2.90. The van der Waals surface area contributed by atoms with Crippen molar-refractivity contribution in [1.82, 2.24) is 19.9 Å². The van der Waals surface area contributed by atoms with E-state index in [0.717, 1.165) is 5.65 Å². The highest BCUT2D eigenvalue weighted by molar-refractivity contribution is 5.37. The van der Waals surface area contributed by atoms with Crippen molar-refractivity contribution in [2.75, 3.05) is 0 Å². The minimum absolute atomic E-state index is 0.0261. The van der Waals surface area contributed by atoms with E-state index in [-0.39, 0.29) is 18.2 Å². The molecule has 0 unspecified atom stereocenters. The van der Waals surface area contributed by atoms with Crippen LogP contribution in [0, 0.1) is 11.6 Å². The Hall–Kier alpha value is -2.34. The molecule has 21 heavy (non-hydrogen) atoms. The molecule has 0 saturated heterocycles. The first-order valence-electron chi connectivity index (χ1n) is 6.63. The van der Waals surface area contributed by atoms with Crippen LogP contribution >= 0.6 is 0 Å². The van der Waals surface area contributed by atoms with Gasteiger partial charge in [-0.1, -0.05) is 12.1 Å². The quantitative estimate of drug-likeness (QED) is 0.802. The van der Waals surface area contributed by atoms with Gasteiger partial charge in [0.1, 0.15) is 11.6 Å². The third kappa shape index (κ3) is 2.62. The zero-order valence-electron chi connectivity index (χ0n) is 11.4. The number of hydrogen-bond acceptors (Lipinski definition) is 3. The summed E-state index contributed by atoms with van der Waals surface area (Å²) in [5.41, 5.74) is 0.761. The van der Waals surface area contributed by atoms with Crippen molar-refractivity contribution in [2.24, 2.45) is 0 Å². The maximum absolute atomic E-state index is 13.6. The Labute approximate surface area is 120 Å². The fourth-order valence-electron chi connectivity index (χ4n) is 2.20. The van der Waals surface area contributed by atoms with Gasteiger partial charge < -0.3 is 5.32 Å². The molecule has 3 aromatic rings. The highest BCUT2D eigenvalue weighted by atomic mass is 19.1. The van der Waals surface area contributed by atoms with E-state index in [4.69, 9.17) is 0 Å². The van der Waals surface area contributed by atoms with Crippen LogP contribution in [0.25, 0.3) is 5.65 Å². The first-order valence-corrected chi connectivity index (χ1v) is 6.63. The molecule has 0 aliphatic rings. The first-order chi connectivity index (χ1) is 10.2. The molecule has 2 aromatic heterocycles. The lowest BCUT2D eigenvalue weighted by Gasteiger charge is -2.13. The predicted molar refractivity (Wildman–Crippen MR) is 74.6 cm³/mol. The molecule has 0 aliphatic carbocycles. The van der Waals surface area contributed by atoms with Gasteiger partial charge in [0.05, 0.1) is 6.04 Å². The lowest BCUT2D eigenvalue weighted by molar-refractivity contribution is 0.496. The molecule has 6 heteroatoms. The molecule has 1 N–H and O–H groups in total. The van der Waals surface area contributed by atoms with E-state index in [1.807, 2.05) is 35.7 Å². The Morgan fingerprint density at radius 3 is 2.62 bits per heavy atom. The number of hydrogen-bond donors (Lipinski definition) is 1. The van der Waals surface area contributed by atoms with Gasteiger partial charge in [0.2, 0.25) is 0 Å². The molecule has 0 amide bonds. The topological polar surface area (TPSA) is 42.2 Å². The largest absolute Gasteiger partial charge is 0.303 e. The van der Waals surface area contributed by atoms with Gasteiger partial charge in [-0.3, -0.25) is 4.40 Å². The van der Waals surface area contributed by atoms with E-state index in [2.05, 4.69) is 15.5 Å². The van der Waals surface area contributed by atoms with Crippen molar-refractivity contribution < 1.29 is 8.78 Å². The highest BCUT2D eigenvalue weighted by Gasteiger charge is 2.15. The molecule has 1 atom stereocenters. The Morgan fingerprint density at radius 2 is 1.86 bits per heavy atom. The molecule has 0 saturated carbocycles. The summed E-state index contributed by atoms with van der Waals surface area (Å²) in [5.74, 6) is -0.413. The molecule has 0 radical (unpaired) electrons. The Balaban J connectivity index is 1.79. The summed E-state index contributed by atoms with van der Waals surface area (Å²) in [6.07, 6.45) is 1.85. The predicted octanol–water partition coefficient (Wildman–Crippen LogP) is 2.86. The van der Waals surface area contributed by atoms with Crippen molar-refractivity contribution in [3.05, 3.63) is 65.6 Å². The Morgan fingerprint density at radius 1 is 1.10 bits per heavy atom. The maximum atomic E-state index is 13.6. The minimum atomic E-state index is -0.555. The second-order valence-electron chi connectivity index (χ2n) is 4.79. The molecular formula is C15H14F2N4. The molecule has 2 heterocycles. The molecule has 4 nitrogen and oxygen atoms in total. The molecule has 0 fully saturated rings. The van der Waals surface area contributed by atoms with Crippen LogP contribution in [-0.2, 0) is 6.54 Å². The second kappa shape index (κ2) is 5.57. The molecular weight excluding hydrogens is 274 g/mol. The summed E-state index contributed by atoms with van der Waals surface area (Å²) in [6.45, 7) is 1.96. The molecule has 0 spiro atoms. The molecule has 3 rings (SSSR count). The van der Waals surface area contributed by atoms with Crippen LogP contribution in [-0.4, -0.2) is 14.6 Å². The molecule has 108 valence electrons. The number of nitrogens with one attached hydrogen (secondary N) is 1. The fraction of sp³-hybridized carbons (Fsp3) is 0.200. The van der Waals surface area contributed by atoms with Gasteiger partial charge in [0.25, 0.3) is 0 Å². The van der Waals surface area contributed by atoms with Crippen LogP contribution in [0.4, 0.5) is 8.78 Å². The summed E-state index contributed by atoms with van der Waals surface area (Å²) in [7, 11) is 0. The van der Waals surface area contributed by atoms with Crippen molar-refractivity contribution in [1.29, 1.82) is 0 Å². The summed E-state index contributed by atoms with van der Waals surface area (Å²) in [4.78, 5) is 0. The zero-order chi connectivity index (χ0) is 14.8. The summed E-state index contributed by atoms with van der Waals surface area (Å²) >= 11 is 0. The second-order valence-corrected chi connectivity index (χ2v) is 4.79. The highest BCUT2D eigenvalue weighted by Crippen LogP contribution is 2.15. The maximum Gasteiger partial charge on any atom is 0.160 e. The number of pyridine rings is 1. The van der Waals surface area contributed by atoms with Gasteiger partial charge in [-0.25, -0.2) is 8.78 Å². The lowest BCUT2D eigenvalue weighted by Crippen LogP contribution is -2.21. The Bertz CT molecular complexity index is 749. The van der Waals surface area contributed by atoms with E-state index in [0.29, 0.717) is 5.82 Å². The van der Waals surface area contributed by atoms with E-state index >= 15 is 0 Å². The van der Waals surface area contributed by atoms with Crippen LogP contribution in [0.5, 0.6) is 0 Å². The Kier molecular flexibility index (Phi) is 3.62. The van der Waals surface area contributed by atoms with E-state index in [1.54, 1.807) is 0 Å². The number of halogens is 2.